The van der Waals surface area contributed by atoms with Crippen LogP contribution in [-0.4, -0.2) is 16.5 Å². The minimum atomic E-state index is -1.13. The van der Waals surface area contributed by atoms with Crippen LogP contribution in [0.4, 0.5) is 0 Å². The molecule has 23 heavy (non-hydrogen) atoms. The molecule has 3 saturated carbocycles. The van der Waals surface area contributed by atoms with Gasteiger partial charge in [0.2, 0.25) is 0 Å². The highest BCUT2D eigenvalue weighted by molar-refractivity contribution is 5.31. The predicted octanol–water partition coefficient (Wildman–Crippen LogP) is 4.43. The summed E-state index contributed by atoms with van der Waals surface area (Å²) in [5.41, 5.74) is 2.34. The van der Waals surface area contributed by atoms with Crippen LogP contribution in [0.5, 0.6) is 0 Å². The summed E-state index contributed by atoms with van der Waals surface area (Å²) >= 11 is 0. The number of rotatable bonds is 2. The largest absolute Gasteiger partial charge is 0.368 e. The summed E-state index contributed by atoms with van der Waals surface area (Å²) in [6.07, 6.45) is 15.7. The van der Waals surface area contributed by atoms with E-state index >= 15 is 0 Å². The number of aliphatic hydroxyl groups is 2. The maximum absolute atomic E-state index is 9.48. The molecule has 4 aliphatic carbocycles. The van der Waals surface area contributed by atoms with E-state index in [1.54, 1.807) is 5.57 Å². The van der Waals surface area contributed by atoms with Gasteiger partial charge in [0, 0.05) is 11.8 Å². The van der Waals surface area contributed by atoms with Gasteiger partial charge in [-0.05, 0) is 74.0 Å². The Balaban J connectivity index is 1.62. The SMILES string of the molecule is C[C@]12CC[C@H]3[C@@H](CCC4=CCC=C[C@@]43C)[C@@H]1CC[C@@H]2CC(O)O. The van der Waals surface area contributed by atoms with Gasteiger partial charge in [-0.2, -0.15) is 0 Å². The molecule has 0 saturated heterocycles. The molecule has 0 unspecified atom stereocenters. The summed E-state index contributed by atoms with van der Waals surface area (Å²) in [6.45, 7) is 4.94. The van der Waals surface area contributed by atoms with Gasteiger partial charge in [0.25, 0.3) is 0 Å². The van der Waals surface area contributed by atoms with E-state index in [-0.39, 0.29) is 0 Å². The minimum Gasteiger partial charge on any atom is -0.368 e. The van der Waals surface area contributed by atoms with Crippen molar-refractivity contribution in [2.75, 3.05) is 0 Å². The monoisotopic (exact) mass is 316 g/mol. The van der Waals surface area contributed by atoms with Crippen LogP contribution in [0.25, 0.3) is 0 Å². The molecule has 0 bridgehead atoms. The zero-order valence-electron chi connectivity index (χ0n) is 14.7. The second-order valence-electron chi connectivity index (χ2n) is 9.10. The average molecular weight is 316 g/mol. The molecule has 0 aliphatic heterocycles. The highest BCUT2D eigenvalue weighted by atomic mass is 16.5. The van der Waals surface area contributed by atoms with Gasteiger partial charge in [0.1, 0.15) is 0 Å². The first kappa shape index (κ1) is 15.9. The van der Waals surface area contributed by atoms with Gasteiger partial charge in [0.15, 0.2) is 6.29 Å². The van der Waals surface area contributed by atoms with Gasteiger partial charge in [-0.25, -0.2) is 0 Å². The molecule has 128 valence electrons. The van der Waals surface area contributed by atoms with E-state index in [0.717, 1.165) is 24.2 Å². The van der Waals surface area contributed by atoms with Gasteiger partial charge in [-0.15, -0.1) is 0 Å². The number of allylic oxidation sites excluding steroid dienone is 4. The van der Waals surface area contributed by atoms with Crippen molar-refractivity contribution in [2.45, 2.75) is 71.5 Å². The first-order valence-electron chi connectivity index (χ1n) is 9.68. The Morgan fingerprint density at radius 3 is 2.74 bits per heavy atom. The van der Waals surface area contributed by atoms with Crippen LogP contribution in [0.15, 0.2) is 23.8 Å². The summed E-state index contributed by atoms with van der Waals surface area (Å²) in [5, 5.41) is 19.0. The lowest BCUT2D eigenvalue weighted by atomic mass is 9.47. The standard InChI is InChI=1S/C21H32O2/c1-20-11-4-3-5-14(20)6-8-16-17-9-7-15(13-19(22)23)21(17,2)12-10-18(16)20/h4-5,11,15-19,22-23H,3,6-10,12-13H2,1-2H3/t15-,16+,17+,18+,20+,21-/m1/s1. The van der Waals surface area contributed by atoms with Crippen molar-refractivity contribution < 1.29 is 10.2 Å². The fourth-order valence-electron chi connectivity index (χ4n) is 7.09. The number of hydrogen-bond donors (Lipinski definition) is 2. The molecule has 2 heteroatoms. The van der Waals surface area contributed by atoms with Crippen molar-refractivity contribution in [3.05, 3.63) is 23.8 Å². The molecule has 0 radical (unpaired) electrons. The lowest BCUT2D eigenvalue weighted by molar-refractivity contribution is -0.0860. The van der Waals surface area contributed by atoms with Crippen molar-refractivity contribution >= 4 is 0 Å². The average Bonchev–Trinajstić information content (AvgIpc) is 2.83. The molecule has 0 spiro atoms. The van der Waals surface area contributed by atoms with Crippen LogP contribution < -0.4 is 0 Å². The summed E-state index contributed by atoms with van der Waals surface area (Å²) in [7, 11) is 0. The van der Waals surface area contributed by atoms with Gasteiger partial charge < -0.3 is 10.2 Å². The fourth-order valence-corrected chi connectivity index (χ4v) is 7.09. The quantitative estimate of drug-likeness (QED) is 0.584. The highest BCUT2D eigenvalue weighted by Gasteiger charge is 2.58. The van der Waals surface area contributed by atoms with Gasteiger partial charge in [-0.3, -0.25) is 0 Å². The molecule has 4 aliphatic rings. The molecule has 3 fully saturated rings. The Morgan fingerprint density at radius 2 is 1.96 bits per heavy atom. The van der Waals surface area contributed by atoms with Crippen molar-refractivity contribution in [1.29, 1.82) is 0 Å². The summed E-state index contributed by atoms with van der Waals surface area (Å²) in [5.74, 6) is 2.92. The zero-order valence-corrected chi connectivity index (χ0v) is 14.7. The van der Waals surface area contributed by atoms with Crippen LogP contribution in [0.1, 0.15) is 65.2 Å². The van der Waals surface area contributed by atoms with Gasteiger partial charge in [0.05, 0.1) is 0 Å². The second-order valence-corrected chi connectivity index (χ2v) is 9.10. The molecule has 2 nitrogen and oxygen atoms in total. The number of aliphatic hydroxyl groups excluding tert-OH is 1. The lowest BCUT2D eigenvalue weighted by Crippen LogP contribution is -2.49. The topological polar surface area (TPSA) is 40.5 Å². The summed E-state index contributed by atoms with van der Waals surface area (Å²) in [6, 6.07) is 0. The van der Waals surface area contributed by atoms with E-state index < -0.39 is 6.29 Å². The van der Waals surface area contributed by atoms with Crippen LogP contribution in [0, 0.1) is 34.5 Å². The normalized spacial score (nSPS) is 48.7. The molecule has 0 heterocycles. The third-order valence-corrected chi connectivity index (χ3v) is 8.30. The number of fused-ring (bicyclic) bond motifs is 5. The summed E-state index contributed by atoms with van der Waals surface area (Å²) < 4.78 is 0. The van der Waals surface area contributed by atoms with E-state index in [9.17, 15) is 10.2 Å². The minimum absolute atomic E-state index is 0.303. The molecule has 2 N–H and O–H groups in total. The summed E-state index contributed by atoms with van der Waals surface area (Å²) in [4.78, 5) is 0. The number of hydrogen-bond acceptors (Lipinski definition) is 2. The third kappa shape index (κ3) is 2.28. The van der Waals surface area contributed by atoms with Crippen molar-refractivity contribution in [1.82, 2.24) is 0 Å². The van der Waals surface area contributed by atoms with Gasteiger partial charge in [-0.1, -0.05) is 37.6 Å². The molecule has 0 aromatic carbocycles. The van der Waals surface area contributed by atoms with Crippen LogP contribution in [0.3, 0.4) is 0 Å². The van der Waals surface area contributed by atoms with E-state index in [4.69, 9.17) is 0 Å². The molecule has 6 atom stereocenters. The first-order valence-corrected chi connectivity index (χ1v) is 9.68. The maximum Gasteiger partial charge on any atom is 0.151 e. The van der Waals surface area contributed by atoms with Gasteiger partial charge >= 0.3 is 0 Å². The Morgan fingerprint density at radius 1 is 1.13 bits per heavy atom. The molecule has 4 rings (SSSR count). The Hall–Kier alpha value is -0.600. The van der Waals surface area contributed by atoms with Crippen LogP contribution in [-0.2, 0) is 0 Å². The van der Waals surface area contributed by atoms with E-state index in [0.29, 0.717) is 23.2 Å². The zero-order chi connectivity index (χ0) is 16.2. The predicted molar refractivity (Wildman–Crippen MR) is 92.6 cm³/mol. The first-order chi connectivity index (χ1) is 10.9. The van der Waals surface area contributed by atoms with E-state index in [2.05, 4.69) is 32.1 Å². The van der Waals surface area contributed by atoms with Crippen molar-refractivity contribution in [3.8, 4) is 0 Å². The molecule has 0 aromatic heterocycles. The maximum atomic E-state index is 9.48. The van der Waals surface area contributed by atoms with E-state index in [1.807, 2.05) is 0 Å². The third-order valence-electron chi connectivity index (χ3n) is 8.30. The van der Waals surface area contributed by atoms with Crippen molar-refractivity contribution in [3.63, 3.8) is 0 Å². The van der Waals surface area contributed by atoms with E-state index in [1.165, 1.54) is 38.5 Å². The van der Waals surface area contributed by atoms with Crippen LogP contribution >= 0.6 is 0 Å². The molecule has 0 amide bonds. The Labute approximate surface area is 140 Å². The Kier molecular flexibility index (Phi) is 3.77. The molecule has 0 aromatic rings. The molecular weight excluding hydrogens is 284 g/mol. The lowest BCUT2D eigenvalue weighted by Gasteiger charge is -2.57. The smallest absolute Gasteiger partial charge is 0.151 e. The van der Waals surface area contributed by atoms with Crippen LogP contribution in [0.2, 0.25) is 0 Å². The Bertz CT molecular complexity index is 534. The second kappa shape index (κ2) is 5.46. The fraction of sp³-hybridized carbons (Fsp3) is 0.810. The highest BCUT2D eigenvalue weighted by Crippen LogP contribution is 2.66. The van der Waals surface area contributed by atoms with Crippen molar-refractivity contribution in [2.24, 2.45) is 34.5 Å². The molecular formula is C21H32O2.